The number of allylic oxidation sites excluding steroid dienone is 2. The number of rotatable bonds is 8. The molecule has 4 heteroatoms. The van der Waals surface area contributed by atoms with Crippen molar-refractivity contribution in [2.75, 3.05) is 6.61 Å². The van der Waals surface area contributed by atoms with E-state index in [1.54, 1.807) is 0 Å². The average molecular weight is 358 g/mol. The Labute approximate surface area is 156 Å². The van der Waals surface area contributed by atoms with Gasteiger partial charge >= 0.3 is 0 Å². The molecule has 3 rings (SSSR count). The first-order chi connectivity index (χ1) is 12.8. The topological polar surface area (TPSA) is 55.8 Å². The van der Waals surface area contributed by atoms with Gasteiger partial charge in [-0.3, -0.25) is 0 Å². The van der Waals surface area contributed by atoms with E-state index in [1.807, 2.05) is 6.07 Å². The van der Waals surface area contributed by atoms with Crippen molar-refractivity contribution >= 4 is 6.29 Å². The molecule has 0 aromatic heterocycles. The average Bonchev–Trinajstić information content (AvgIpc) is 3.04. The van der Waals surface area contributed by atoms with Crippen molar-refractivity contribution in [3.05, 3.63) is 47.7 Å². The van der Waals surface area contributed by atoms with Crippen LogP contribution in [-0.2, 0) is 20.7 Å². The number of aldehydes is 1. The second-order valence-corrected chi connectivity index (χ2v) is 7.36. The van der Waals surface area contributed by atoms with Crippen LogP contribution in [0, 0.1) is 11.8 Å². The van der Waals surface area contributed by atoms with Crippen LogP contribution in [0.5, 0.6) is 0 Å². The van der Waals surface area contributed by atoms with Crippen LogP contribution in [0.25, 0.3) is 0 Å². The van der Waals surface area contributed by atoms with E-state index in [0.29, 0.717) is 6.42 Å². The predicted octanol–water partition coefficient (Wildman–Crippen LogP) is 4.02. The fourth-order valence-electron chi connectivity index (χ4n) is 4.10. The van der Waals surface area contributed by atoms with Crippen molar-refractivity contribution in [1.29, 1.82) is 0 Å². The highest BCUT2D eigenvalue weighted by Crippen LogP contribution is 2.40. The quantitative estimate of drug-likeness (QED) is 0.563. The van der Waals surface area contributed by atoms with Crippen molar-refractivity contribution in [2.45, 2.75) is 63.8 Å². The monoisotopic (exact) mass is 358 g/mol. The summed E-state index contributed by atoms with van der Waals surface area (Å²) in [6.07, 6.45) is 9.39. The molecule has 1 aliphatic heterocycles. The molecule has 0 bridgehead atoms. The molecular weight excluding hydrogens is 328 g/mol. The Morgan fingerprint density at radius 2 is 2.04 bits per heavy atom. The van der Waals surface area contributed by atoms with E-state index >= 15 is 0 Å². The van der Waals surface area contributed by atoms with Crippen LogP contribution in [0.3, 0.4) is 0 Å². The highest BCUT2D eigenvalue weighted by atomic mass is 16.7. The van der Waals surface area contributed by atoms with Gasteiger partial charge in [-0.05, 0) is 50.2 Å². The Morgan fingerprint density at radius 3 is 2.77 bits per heavy atom. The second kappa shape index (κ2) is 9.89. The summed E-state index contributed by atoms with van der Waals surface area (Å²) in [5.41, 5.74) is 1.30. The molecule has 1 N–H and O–H groups in total. The lowest BCUT2D eigenvalue weighted by Crippen LogP contribution is -2.27. The van der Waals surface area contributed by atoms with Gasteiger partial charge in [0.05, 0.1) is 18.5 Å². The first-order valence-corrected chi connectivity index (χ1v) is 9.92. The summed E-state index contributed by atoms with van der Waals surface area (Å²) in [4.78, 5) is 11.1. The standard InChI is InChI=1S/C22H30O4/c23-15-14-18-19(12-13-20(18)24)21(26-22-11-4-5-16-25-22)10-6-9-17-7-2-1-3-8-17/h1-3,7-8,10,15,18-20,22,24H,4-6,9,11-14,16H2/t18-,19-,20-,22?/m0/s1. The molecule has 26 heavy (non-hydrogen) atoms. The highest BCUT2D eigenvalue weighted by Gasteiger charge is 2.38. The van der Waals surface area contributed by atoms with Crippen molar-refractivity contribution in [3.8, 4) is 0 Å². The maximum absolute atomic E-state index is 11.1. The zero-order chi connectivity index (χ0) is 18.2. The van der Waals surface area contributed by atoms with E-state index in [0.717, 1.165) is 63.6 Å². The van der Waals surface area contributed by atoms with Gasteiger partial charge in [-0.1, -0.05) is 30.3 Å². The van der Waals surface area contributed by atoms with Crippen molar-refractivity contribution < 1.29 is 19.4 Å². The smallest absolute Gasteiger partial charge is 0.199 e. The van der Waals surface area contributed by atoms with Crippen molar-refractivity contribution in [3.63, 3.8) is 0 Å². The molecule has 142 valence electrons. The number of carbonyl (C=O) groups excluding carboxylic acids is 1. The van der Waals surface area contributed by atoms with Crippen LogP contribution < -0.4 is 0 Å². The molecule has 1 aromatic rings. The van der Waals surface area contributed by atoms with E-state index in [4.69, 9.17) is 9.47 Å². The number of hydrogen-bond donors (Lipinski definition) is 1. The lowest BCUT2D eigenvalue weighted by molar-refractivity contribution is -0.146. The zero-order valence-corrected chi connectivity index (χ0v) is 15.4. The number of hydrogen-bond acceptors (Lipinski definition) is 4. The Kier molecular flexibility index (Phi) is 7.27. The first-order valence-electron chi connectivity index (χ1n) is 9.92. The number of aliphatic hydroxyl groups is 1. The minimum Gasteiger partial charge on any atom is -0.469 e. The van der Waals surface area contributed by atoms with E-state index in [-0.39, 0.29) is 18.1 Å². The molecule has 1 aromatic carbocycles. The Morgan fingerprint density at radius 1 is 1.19 bits per heavy atom. The third-order valence-electron chi connectivity index (χ3n) is 5.55. The van der Waals surface area contributed by atoms with E-state index in [1.165, 1.54) is 5.56 Å². The molecule has 1 saturated heterocycles. The molecule has 2 fully saturated rings. The summed E-state index contributed by atoms with van der Waals surface area (Å²) in [5, 5.41) is 10.3. The summed E-state index contributed by atoms with van der Waals surface area (Å²) < 4.78 is 12.0. The fraction of sp³-hybridized carbons (Fsp3) is 0.591. The molecule has 1 heterocycles. The largest absolute Gasteiger partial charge is 0.469 e. The predicted molar refractivity (Wildman–Crippen MR) is 100 cm³/mol. The molecule has 1 aliphatic carbocycles. The SMILES string of the molecule is O=CC[C@H]1[C@@H](C(=CCCc2ccccc2)OC2CCCCO2)CC[C@@H]1O. The minimum absolute atomic E-state index is 0.0425. The third-order valence-corrected chi connectivity index (χ3v) is 5.55. The van der Waals surface area contributed by atoms with Gasteiger partial charge in [0, 0.05) is 24.7 Å². The summed E-state index contributed by atoms with van der Waals surface area (Å²) in [6, 6.07) is 10.4. The number of benzene rings is 1. The van der Waals surface area contributed by atoms with E-state index in [2.05, 4.69) is 30.3 Å². The van der Waals surface area contributed by atoms with Gasteiger partial charge in [-0.2, -0.15) is 0 Å². The van der Waals surface area contributed by atoms with Crippen molar-refractivity contribution in [2.24, 2.45) is 11.8 Å². The van der Waals surface area contributed by atoms with Gasteiger partial charge in [-0.15, -0.1) is 0 Å². The van der Waals surface area contributed by atoms with Crippen LogP contribution in [0.15, 0.2) is 42.2 Å². The van der Waals surface area contributed by atoms with Gasteiger partial charge in [0.2, 0.25) is 0 Å². The molecule has 4 nitrogen and oxygen atoms in total. The van der Waals surface area contributed by atoms with Gasteiger partial charge in [0.25, 0.3) is 0 Å². The number of aryl methyl sites for hydroxylation is 1. The molecule has 1 unspecified atom stereocenters. The number of aliphatic hydroxyl groups excluding tert-OH is 1. The lowest BCUT2D eigenvalue weighted by atomic mass is 9.89. The van der Waals surface area contributed by atoms with Crippen LogP contribution in [0.1, 0.15) is 50.5 Å². The fourth-order valence-corrected chi connectivity index (χ4v) is 4.10. The van der Waals surface area contributed by atoms with Crippen LogP contribution in [-0.4, -0.2) is 30.4 Å². The maximum Gasteiger partial charge on any atom is 0.199 e. The number of carbonyl (C=O) groups is 1. The summed E-state index contributed by atoms with van der Waals surface area (Å²) >= 11 is 0. The normalized spacial score (nSPS) is 29.5. The lowest BCUT2D eigenvalue weighted by Gasteiger charge is -2.29. The third kappa shape index (κ3) is 5.18. The van der Waals surface area contributed by atoms with Crippen LogP contribution in [0.4, 0.5) is 0 Å². The van der Waals surface area contributed by atoms with Crippen LogP contribution in [0.2, 0.25) is 0 Å². The Bertz CT molecular complexity index is 577. The van der Waals surface area contributed by atoms with Gasteiger partial charge < -0.3 is 19.4 Å². The number of ether oxygens (including phenoxy) is 2. The summed E-state index contributed by atoms with van der Waals surface area (Å²) in [6.45, 7) is 0.743. The van der Waals surface area contributed by atoms with Gasteiger partial charge in [0.1, 0.15) is 6.29 Å². The molecule has 1 saturated carbocycles. The minimum atomic E-state index is -0.418. The molecule has 2 aliphatic rings. The van der Waals surface area contributed by atoms with Gasteiger partial charge in [0.15, 0.2) is 6.29 Å². The Balaban J connectivity index is 1.69. The first kappa shape index (κ1) is 19.1. The molecular formula is C22H30O4. The Hall–Kier alpha value is -1.65. The van der Waals surface area contributed by atoms with Crippen LogP contribution >= 0.6 is 0 Å². The molecule has 4 atom stereocenters. The van der Waals surface area contributed by atoms with Crippen molar-refractivity contribution in [1.82, 2.24) is 0 Å². The maximum atomic E-state index is 11.1. The summed E-state index contributed by atoms with van der Waals surface area (Å²) in [7, 11) is 0. The van der Waals surface area contributed by atoms with E-state index < -0.39 is 6.10 Å². The molecule has 0 radical (unpaired) electrons. The summed E-state index contributed by atoms with van der Waals surface area (Å²) in [5.74, 6) is 0.979. The second-order valence-electron chi connectivity index (χ2n) is 7.36. The van der Waals surface area contributed by atoms with E-state index in [9.17, 15) is 9.90 Å². The molecule has 0 amide bonds. The zero-order valence-electron chi connectivity index (χ0n) is 15.4. The molecule has 0 spiro atoms. The van der Waals surface area contributed by atoms with Gasteiger partial charge in [-0.25, -0.2) is 0 Å². The highest BCUT2D eigenvalue weighted by molar-refractivity contribution is 5.50.